The van der Waals surface area contributed by atoms with Gasteiger partial charge in [0.05, 0.1) is 43.9 Å². The Morgan fingerprint density at radius 1 is 0.909 bits per heavy atom. The van der Waals surface area contributed by atoms with Crippen molar-refractivity contribution < 1.29 is 14.2 Å². The summed E-state index contributed by atoms with van der Waals surface area (Å²) < 4.78 is 18.1. The van der Waals surface area contributed by atoms with Crippen molar-refractivity contribution in [2.75, 3.05) is 47.1 Å². The molecule has 8 heteroatoms. The van der Waals surface area contributed by atoms with Gasteiger partial charge in [-0.1, -0.05) is 18.2 Å². The fourth-order valence-corrected chi connectivity index (χ4v) is 4.74. The van der Waals surface area contributed by atoms with Gasteiger partial charge in [0.15, 0.2) is 11.5 Å². The number of ether oxygens (including phenoxy) is 3. The molecule has 1 aliphatic rings. The second kappa shape index (κ2) is 8.88. The lowest BCUT2D eigenvalue weighted by molar-refractivity contribution is 0.0369. The van der Waals surface area contributed by atoms with Gasteiger partial charge in [0.1, 0.15) is 0 Å². The molecule has 2 aromatic heterocycles. The Bertz CT molecular complexity index is 1450. The summed E-state index contributed by atoms with van der Waals surface area (Å²) >= 11 is 0. The molecule has 1 N–H and O–H groups in total. The fourth-order valence-electron chi connectivity index (χ4n) is 4.74. The number of nitrogens with one attached hydrogen (secondary N) is 1. The summed E-state index contributed by atoms with van der Waals surface area (Å²) in [4.78, 5) is 32.1. The number of methoxy groups -OCH3 is 2. The van der Waals surface area contributed by atoms with E-state index < -0.39 is 0 Å². The first-order valence-electron chi connectivity index (χ1n) is 11.2. The van der Waals surface area contributed by atoms with Crippen LogP contribution in [0, 0.1) is 0 Å². The van der Waals surface area contributed by atoms with Crippen molar-refractivity contribution in [1.29, 1.82) is 0 Å². The maximum absolute atomic E-state index is 13.8. The minimum Gasteiger partial charge on any atom is -0.493 e. The van der Waals surface area contributed by atoms with Crippen LogP contribution in [0.15, 0.2) is 46.0 Å². The number of fused-ring (bicyclic) bond motifs is 5. The fraction of sp³-hybridized carbons (Fsp3) is 0.360. The van der Waals surface area contributed by atoms with Gasteiger partial charge in [0, 0.05) is 42.3 Å². The predicted molar refractivity (Wildman–Crippen MR) is 129 cm³/mol. The van der Waals surface area contributed by atoms with Crippen molar-refractivity contribution in [2.45, 2.75) is 13.0 Å². The second-order valence-corrected chi connectivity index (χ2v) is 8.24. The Balaban J connectivity index is 1.75. The molecule has 0 atom stereocenters. The number of nitrogens with zero attached hydrogens (tertiary/aromatic N) is 2. The molecule has 0 unspecified atom stereocenters. The molecule has 0 amide bonds. The lowest BCUT2D eigenvalue weighted by Gasteiger charge is -2.26. The highest BCUT2D eigenvalue weighted by atomic mass is 16.5. The molecule has 0 aliphatic carbocycles. The van der Waals surface area contributed by atoms with E-state index in [0.717, 1.165) is 50.2 Å². The Morgan fingerprint density at radius 2 is 1.58 bits per heavy atom. The molecule has 1 saturated heterocycles. The van der Waals surface area contributed by atoms with Crippen molar-refractivity contribution in [1.82, 2.24) is 14.5 Å². The summed E-state index contributed by atoms with van der Waals surface area (Å²) in [5, 5.41) is 2.44. The first-order valence-corrected chi connectivity index (χ1v) is 11.2. The topological polar surface area (TPSA) is 85.8 Å². The van der Waals surface area contributed by atoms with Crippen LogP contribution in [0.3, 0.4) is 0 Å². The maximum Gasteiger partial charge on any atom is 0.259 e. The number of aryl methyl sites for hydroxylation is 1. The average molecular weight is 450 g/mol. The lowest BCUT2D eigenvalue weighted by atomic mass is 10.0. The predicted octanol–water partition coefficient (Wildman–Crippen LogP) is 2.74. The van der Waals surface area contributed by atoms with E-state index in [1.165, 1.54) is 0 Å². The Kier molecular flexibility index (Phi) is 5.78. The molecule has 0 saturated carbocycles. The summed E-state index contributed by atoms with van der Waals surface area (Å²) in [6.45, 7) is 4.70. The van der Waals surface area contributed by atoms with Crippen molar-refractivity contribution >= 4 is 32.6 Å². The van der Waals surface area contributed by atoms with E-state index in [2.05, 4.69) is 9.88 Å². The Hall–Kier alpha value is -3.36. The Labute approximate surface area is 190 Å². The van der Waals surface area contributed by atoms with Crippen LogP contribution >= 0.6 is 0 Å². The number of aromatic amines is 1. The van der Waals surface area contributed by atoms with Crippen LogP contribution < -0.4 is 20.6 Å². The summed E-state index contributed by atoms with van der Waals surface area (Å²) in [6.07, 6.45) is 0.807. The van der Waals surface area contributed by atoms with Crippen LogP contribution in [0.5, 0.6) is 11.5 Å². The molecule has 1 aliphatic heterocycles. The number of aromatic nitrogens is 2. The zero-order chi connectivity index (χ0) is 22.9. The van der Waals surface area contributed by atoms with E-state index in [4.69, 9.17) is 14.2 Å². The first-order chi connectivity index (χ1) is 16.1. The van der Waals surface area contributed by atoms with Gasteiger partial charge in [-0.2, -0.15) is 0 Å². The monoisotopic (exact) mass is 449 g/mol. The molecule has 172 valence electrons. The summed E-state index contributed by atoms with van der Waals surface area (Å²) in [7, 11) is 3.10. The van der Waals surface area contributed by atoms with Crippen LogP contribution in [0.1, 0.15) is 6.42 Å². The minimum absolute atomic E-state index is 0.113. The SMILES string of the molecule is COc1cc2c(=O)n(CCCN3CCOCC3)c3c4ccccc4c(=O)[nH]c3c2cc1OC. The second-order valence-electron chi connectivity index (χ2n) is 8.24. The summed E-state index contributed by atoms with van der Waals surface area (Å²) in [5.41, 5.74) is 1.06. The van der Waals surface area contributed by atoms with Crippen LogP contribution in [0.2, 0.25) is 0 Å². The van der Waals surface area contributed by atoms with Gasteiger partial charge in [0.2, 0.25) is 0 Å². The summed E-state index contributed by atoms with van der Waals surface area (Å²) in [5.74, 6) is 0.981. The highest BCUT2D eigenvalue weighted by molar-refractivity contribution is 6.13. The molecule has 5 rings (SSSR count). The van der Waals surface area contributed by atoms with E-state index in [1.807, 2.05) is 18.2 Å². The highest BCUT2D eigenvalue weighted by Gasteiger charge is 2.19. The van der Waals surface area contributed by atoms with Gasteiger partial charge in [-0.15, -0.1) is 0 Å². The van der Waals surface area contributed by atoms with Crippen LogP contribution in [-0.4, -0.2) is 61.5 Å². The van der Waals surface area contributed by atoms with Crippen LogP contribution in [0.4, 0.5) is 0 Å². The van der Waals surface area contributed by atoms with E-state index in [0.29, 0.717) is 39.7 Å². The molecule has 4 aromatic rings. The third kappa shape index (κ3) is 3.75. The van der Waals surface area contributed by atoms with E-state index >= 15 is 0 Å². The molecule has 0 spiro atoms. The highest BCUT2D eigenvalue weighted by Crippen LogP contribution is 2.34. The zero-order valence-electron chi connectivity index (χ0n) is 18.8. The van der Waals surface area contributed by atoms with Crippen LogP contribution in [0.25, 0.3) is 32.6 Å². The van der Waals surface area contributed by atoms with E-state index in [1.54, 1.807) is 37.0 Å². The number of pyridine rings is 2. The third-order valence-electron chi connectivity index (χ3n) is 6.40. The number of H-pyrrole nitrogens is 1. The van der Waals surface area contributed by atoms with E-state index in [-0.39, 0.29) is 11.1 Å². The van der Waals surface area contributed by atoms with Crippen molar-refractivity contribution in [2.24, 2.45) is 0 Å². The van der Waals surface area contributed by atoms with Crippen molar-refractivity contribution in [3.05, 3.63) is 57.1 Å². The number of benzene rings is 2. The number of rotatable bonds is 6. The number of hydrogen-bond donors (Lipinski definition) is 1. The molecule has 8 nitrogen and oxygen atoms in total. The average Bonchev–Trinajstić information content (AvgIpc) is 2.86. The molecule has 2 aromatic carbocycles. The van der Waals surface area contributed by atoms with Crippen molar-refractivity contribution in [3.8, 4) is 11.5 Å². The van der Waals surface area contributed by atoms with E-state index in [9.17, 15) is 9.59 Å². The lowest BCUT2D eigenvalue weighted by Crippen LogP contribution is -2.37. The molecule has 1 fully saturated rings. The standard InChI is InChI=1S/C25H27N3O5/c1-31-20-14-18-19(15-21(20)32-2)25(30)28(9-5-8-27-10-12-33-13-11-27)23-16-6-3-4-7-17(16)24(29)26-22(18)23/h3-4,6-7,14-15H,5,8-13H2,1-2H3,(H,26,29). The number of hydrogen-bond acceptors (Lipinski definition) is 6. The maximum atomic E-state index is 13.8. The van der Waals surface area contributed by atoms with Gasteiger partial charge in [-0.3, -0.25) is 14.5 Å². The first kappa shape index (κ1) is 21.5. The zero-order valence-corrected chi connectivity index (χ0v) is 18.8. The van der Waals surface area contributed by atoms with Gasteiger partial charge in [-0.05, 0) is 24.6 Å². The quantitative estimate of drug-likeness (QED) is 0.456. The number of morpholine rings is 1. The summed E-state index contributed by atoms with van der Waals surface area (Å²) in [6, 6.07) is 10.9. The minimum atomic E-state index is -0.187. The van der Waals surface area contributed by atoms with Crippen LogP contribution in [-0.2, 0) is 11.3 Å². The Morgan fingerprint density at radius 3 is 2.27 bits per heavy atom. The molecular formula is C25H27N3O5. The molecule has 33 heavy (non-hydrogen) atoms. The largest absolute Gasteiger partial charge is 0.493 e. The molecule has 3 heterocycles. The van der Waals surface area contributed by atoms with Gasteiger partial charge < -0.3 is 23.8 Å². The van der Waals surface area contributed by atoms with Gasteiger partial charge in [-0.25, -0.2) is 0 Å². The van der Waals surface area contributed by atoms with Gasteiger partial charge >= 0.3 is 0 Å². The normalized spacial score (nSPS) is 14.8. The van der Waals surface area contributed by atoms with Gasteiger partial charge in [0.25, 0.3) is 11.1 Å². The smallest absolute Gasteiger partial charge is 0.259 e. The third-order valence-corrected chi connectivity index (χ3v) is 6.40. The molecule has 0 radical (unpaired) electrons. The van der Waals surface area contributed by atoms with Crippen molar-refractivity contribution in [3.63, 3.8) is 0 Å². The molecule has 0 bridgehead atoms. The molecular weight excluding hydrogens is 422 g/mol.